The number of hydrogen-bond acceptors (Lipinski definition) is 9. The molecule has 12 heteroatoms. The van der Waals surface area contributed by atoms with E-state index >= 15 is 0 Å². The van der Waals surface area contributed by atoms with Crippen LogP contribution in [0.15, 0.2) is 125 Å². The van der Waals surface area contributed by atoms with Gasteiger partial charge in [0.15, 0.2) is 10.8 Å². The summed E-state index contributed by atoms with van der Waals surface area (Å²) in [7, 11) is 0. The number of nitrogens with one attached hydrogen (secondary N) is 1. The number of carbonyl (C=O) groups is 3. The molecule has 0 bridgehead atoms. The van der Waals surface area contributed by atoms with E-state index in [2.05, 4.69) is 22.0 Å². The van der Waals surface area contributed by atoms with Gasteiger partial charge in [0, 0.05) is 27.8 Å². The second-order valence-corrected chi connectivity index (χ2v) is 12.1. The number of β-lactam (4-membered cyclic amide) rings is 1. The van der Waals surface area contributed by atoms with Gasteiger partial charge < -0.3 is 21.0 Å². The number of anilines is 1. The van der Waals surface area contributed by atoms with Gasteiger partial charge in [-0.15, -0.1) is 23.1 Å². The molecule has 2 aliphatic heterocycles. The molecule has 1 aromatic heterocycles. The molecule has 2 aliphatic rings. The number of oxime groups is 1. The Hall–Kier alpha value is -5.20. The molecule has 2 atom stereocenters. The minimum absolute atomic E-state index is 0.132. The summed E-state index contributed by atoms with van der Waals surface area (Å²) in [6.07, 6.45) is 1.43. The fraction of sp³-hybridized carbons (Fsp3) is 0.121. The lowest BCUT2D eigenvalue weighted by Crippen LogP contribution is -2.71. The summed E-state index contributed by atoms with van der Waals surface area (Å²) in [4.78, 5) is 51.1. The van der Waals surface area contributed by atoms with E-state index in [1.165, 1.54) is 22.7 Å². The number of aliphatic carboxylic acids is 1. The molecule has 0 spiro atoms. The first kappa shape index (κ1) is 29.9. The van der Waals surface area contributed by atoms with Gasteiger partial charge in [-0.1, -0.05) is 109 Å². The zero-order valence-corrected chi connectivity index (χ0v) is 25.3. The number of allylic oxidation sites excluding steroid dienone is 1. The minimum Gasteiger partial charge on any atom is -0.477 e. The third-order valence-electron chi connectivity index (χ3n) is 7.53. The lowest BCUT2D eigenvalue weighted by atomic mass is 9.80. The van der Waals surface area contributed by atoms with Gasteiger partial charge in [-0.2, -0.15) is 0 Å². The Bertz CT molecular complexity index is 1730. The number of carboxylic acids is 1. The van der Waals surface area contributed by atoms with Crippen molar-refractivity contribution in [2.45, 2.75) is 17.0 Å². The molecule has 1 fully saturated rings. The quantitative estimate of drug-likeness (QED) is 0.101. The molecule has 226 valence electrons. The minimum atomic E-state index is -1.28. The van der Waals surface area contributed by atoms with E-state index < -0.39 is 34.8 Å². The van der Waals surface area contributed by atoms with Gasteiger partial charge in [0.05, 0.1) is 0 Å². The maximum absolute atomic E-state index is 13.9. The Morgan fingerprint density at radius 2 is 1.58 bits per heavy atom. The smallest absolute Gasteiger partial charge is 0.352 e. The highest BCUT2D eigenvalue weighted by Gasteiger charge is 2.54. The number of thiazole rings is 1. The molecule has 10 nitrogen and oxygen atoms in total. The summed E-state index contributed by atoms with van der Waals surface area (Å²) in [6.45, 7) is 3.67. The molecule has 6 rings (SSSR count). The summed E-state index contributed by atoms with van der Waals surface area (Å²) >= 11 is 2.46. The number of thioether (sulfide) groups is 1. The second kappa shape index (κ2) is 12.4. The van der Waals surface area contributed by atoms with Crippen molar-refractivity contribution < 1.29 is 24.3 Å². The Balaban J connectivity index is 1.40. The highest BCUT2D eigenvalue weighted by atomic mass is 32.2. The van der Waals surface area contributed by atoms with Crippen LogP contribution in [0, 0.1) is 0 Å². The number of benzene rings is 3. The normalized spacial score (nSPS) is 18.1. The maximum atomic E-state index is 13.9. The van der Waals surface area contributed by atoms with Crippen molar-refractivity contribution in [3.05, 3.63) is 143 Å². The van der Waals surface area contributed by atoms with Crippen LogP contribution in [0.3, 0.4) is 0 Å². The predicted molar refractivity (Wildman–Crippen MR) is 173 cm³/mol. The standard InChI is InChI=1S/C33H27N5O5S2/c1-2-20-18-44-30-26(29(40)38(30)27(20)31(41)42)36-28(39)25(24-19-45-32(34)35-24)37-43-33(21-12-6-3-7-13-21,22-14-8-4-9-15-22)23-16-10-5-11-17-23/h2-17,19,26,30H,1,18H2,(H2,34,35)(H,36,39)(H,41,42)/b37-25-/t26?,30-/m1/s1. The van der Waals surface area contributed by atoms with E-state index in [-0.39, 0.29) is 22.2 Å². The third kappa shape index (κ3) is 5.38. The van der Waals surface area contributed by atoms with Crippen molar-refractivity contribution in [2.24, 2.45) is 5.16 Å². The van der Waals surface area contributed by atoms with Gasteiger partial charge in [0.1, 0.15) is 22.8 Å². The van der Waals surface area contributed by atoms with E-state index in [1.807, 2.05) is 91.0 Å². The number of fused-ring (bicyclic) bond motifs is 1. The SMILES string of the molecule is C=CC1=C(C(=O)O)N2C(=O)C(NC(=O)/C(=N\OC(c3ccccc3)(c3ccccc3)c3ccccc3)c3csc(N)n3)[C@H]2SC1. The van der Waals surface area contributed by atoms with Crippen LogP contribution in [0.2, 0.25) is 0 Å². The van der Waals surface area contributed by atoms with Crippen molar-refractivity contribution in [1.82, 2.24) is 15.2 Å². The number of hydrogen-bond donors (Lipinski definition) is 3. The summed E-state index contributed by atoms with van der Waals surface area (Å²) in [5.41, 5.74) is 7.23. The Labute approximate surface area is 266 Å². The van der Waals surface area contributed by atoms with E-state index in [1.54, 1.807) is 5.38 Å². The molecule has 3 heterocycles. The molecule has 0 saturated carbocycles. The number of nitrogens with zero attached hydrogens (tertiary/aromatic N) is 3. The molecule has 1 unspecified atom stereocenters. The molecular formula is C33H27N5O5S2. The van der Waals surface area contributed by atoms with Crippen LogP contribution in [0.1, 0.15) is 22.4 Å². The van der Waals surface area contributed by atoms with Crippen molar-refractivity contribution in [3.63, 3.8) is 0 Å². The Morgan fingerprint density at radius 1 is 1.02 bits per heavy atom. The highest BCUT2D eigenvalue weighted by Crippen LogP contribution is 2.42. The Morgan fingerprint density at radius 3 is 2.04 bits per heavy atom. The van der Waals surface area contributed by atoms with E-state index in [0.29, 0.717) is 11.3 Å². The van der Waals surface area contributed by atoms with E-state index in [4.69, 9.17) is 10.6 Å². The summed E-state index contributed by atoms with van der Waals surface area (Å²) in [6, 6.07) is 27.6. The topological polar surface area (TPSA) is 147 Å². The first-order chi connectivity index (χ1) is 21.8. The van der Waals surface area contributed by atoms with Crippen LogP contribution in [-0.2, 0) is 24.8 Å². The van der Waals surface area contributed by atoms with Crippen molar-refractivity contribution in [3.8, 4) is 0 Å². The van der Waals surface area contributed by atoms with E-state index in [0.717, 1.165) is 28.0 Å². The number of amides is 2. The average Bonchev–Trinajstić information content (AvgIpc) is 3.51. The number of aromatic nitrogens is 1. The maximum Gasteiger partial charge on any atom is 0.352 e. The van der Waals surface area contributed by atoms with Crippen molar-refractivity contribution in [2.75, 3.05) is 11.5 Å². The van der Waals surface area contributed by atoms with Crippen LogP contribution in [0.25, 0.3) is 0 Å². The highest BCUT2D eigenvalue weighted by molar-refractivity contribution is 8.00. The van der Waals surface area contributed by atoms with Crippen LogP contribution < -0.4 is 11.1 Å². The average molecular weight is 638 g/mol. The third-order valence-corrected chi connectivity index (χ3v) is 9.50. The molecule has 3 aromatic carbocycles. The molecule has 4 N–H and O–H groups in total. The van der Waals surface area contributed by atoms with Gasteiger partial charge in [-0.3, -0.25) is 14.5 Å². The molecule has 0 aliphatic carbocycles. The zero-order chi connectivity index (χ0) is 31.6. The predicted octanol–water partition coefficient (Wildman–Crippen LogP) is 4.36. The van der Waals surface area contributed by atoms with Crippen LogP contribution in [0.4, 0.5) is 5.13 Å². The van der Waals surface area contributed by atoms with Crippen LogP contribution in [0.5, 0.6) is 0 Å². The summed E-state index contributed by atoms with van der Waals surface area (Å²) in [5, 5.41) is 18.2. The van der Waals surface area contributed by atoms with Crippen LogP contribution >= 0.6 is 23.1 Å². The van der Waals surface area contributed by atoms with Gasteiger partial charge in [-0.25, -0.2) is 9.78 Å². The summed E-state index contributed by atoms with van der Waals surface area (Å²) < 4.78 is 0. The number of nitrogens with two attached hydrogens (primary N) is 1. The van der Waals surface area contributed by atoms with Gasteiger partial charge >= 0.3 is 5.97 Å². The molecule has 1 saturated heterocycles. The van der Waals surface area contributed by atoms with Crippen molar-refractivity contribution >= 4 is 51.7 Å². The van der Waals surface area contributed by atoms with Gasteiger partial charge in [0.2, 0.25) is 5.60 Å². The number of carboxylic acid groups (broad SMARTS) is 1. The molecular weight excluding hydrogens is 611 g/mol. The number of nitrogen functional groups attached to an aromatic ring is 1. The first-order valence-corrected chi connectivity index (χ1v) is 15.8. The monoisotopic (exact) mass is 637 g/mol. The summed E-state index contributed by atoms with van der Waals surface area (Å²) in [5.74, 6) is -2.19. The van der Waals surface area contributed by atoms with Gasteiger partial charge in [-0.05, 0) is 5.57 Å². The molecule has 4 aromatic rings. The first-order valence-electron chi connectivity index (χ1n) is 13.8. The molecule has 45 heavy (non-hydrogen) atoms. The zero-order valence-electron chi connectivity index (χ0n) is 23.7. The molecule has 2 amide bonds. The lowest BCUT2D eigenvalue weighted by molar-refractivity contribution is -0.150. The Kier molecular flexibility index (Phi) is 8.24. The van der Waals surface area contributed by atoms with Crippen molar-refractivity contribution in [1.29, 1.82) is 0 Å². The largest absolute Gasteiger partial charge is 0.477 e. The second-order valence-electron chi connectivity index (χ2n) is 10.1. The number of rotatable bonds is 10. The van der Waals surface area contributed by atoms with Crippen LogP contribution in [-0.4, -0.2) is 55.7 Å². The number of carbonyl (C=O) groups excluding carboxylic acids is 2. The lowest BCUT2D eigenvalue weighted by Gasteiger charge is -2.49. The fourth-order valence-electron chi connectivity index (χ4n) is 5.40. The van der Waals surface area contributed by atoms with Gasteiger partial charge in [0.25, 0.3) is 11.8 Å². The molecule has 0 radical (unpaired) electrons. The van der Waals surface area contributed by atoms with E-state index in [9.17, 15) is 19.5 Å². The fourth-order valence-corrected chi connectivity index (χ4v) is 7.29.